The molecule has 1 aliphatic rings. The molecule has 5 rings (SSSR count). The number of benzene rings is 2. The van der Waals surface area contributed by atoms with Crippen LogP contribution < -0.4 is 0 Å². The van der Waals surface area contributed by atoms with Crippen LogP contribution in [0.5, 0.6) is 0 Å². The van der Waals surface area contributed by atoms with Crippen molar-refractivity contribution in [2.75, 3.05) is 33.2 Å². The van der Waals surface area contributed by atoms with Crippen molar-refractivity contribution in [2.45, 2.75) is 13.0 Å². The van der Waals surface area contributed by atoms with Crippen LogP contribution in [0.3, 0.4) is 0 Å². The van der Waals surface area contributed by atoms with E-state index in [2.05, 4.69) is 63.8 Å². The summed E-state index contributed by atoms with van der Waals surface area (Å²) in [4.78, 5) is 9.98. The minimum atomic E-state index is 0.736. The Bertz CT molecular complexity index is 1220. The van der Waals surface area contributed by atoms with E-state index in [-0.39, 0.29) is 0 Å². The highest BCUT2D eigenvalue weighted by molar-refractivity contribution is 6.30. The molecule has 1 aliphatic heterocycles. The lowest BCUT2D eigenvalue weighted by Gasteiger charge is -2.21. The maximum atomic E-state index is 6.16. The molecule has 4 aromatic rings. The number of hydrogen-bond acceptors (Lipinski definition) is 3. The monoisotopic (exact) mass is 464 g/mol. The second-order valence-corrected chi connectivity index (χ2v) is 9.37. The molecule has 1 saturated heterocycles. The smallest absolute Gasteiger partial charge is 0.137 e. The lowest BCUT2D eigenvalue weighted by molar-refractivity contribution is 0.266. The number of halogens is 2. The van der Waals surface area contributed by atoms with E-state index < -0.39 is 0 Å². The molecule has 32 heavy (non-hydrogen) atoms. The molecule has 164 valence electrons. The van der Waals surface area contributed by atoms with Gasteiger partial charge in [0.05, 0.1) is 11.4 Å². The minimum Gasteiger partial charge on any atom is -0.305 e. The van der Waals surface area contributed by atoms with Crippen LogP contribution in [0.15, 0.2) is 66.9 Å². The SMILES string of the molecule is CN1CCCN(Cc2c(-c3ccc(Cl)cc3)nc3ccc(-c4ccc(Cl)cc4)cn23)CC1. The highest BCUT2D eigenvalue weighted by Gasteiger charge is 2.19. The normalized spacial score (nSPS) is 15.8. The second-order valence-electron chi connectivity index (χ2n) is 8.50. The fourth-order valence-corrected chi connectivity index (χ4v) is 4.62. The molecule has 0 radical (unpaired) electrons. The van der Waals surface area contributed by atoms with Gasteiger partial charge >= 0.3 is 0 Å². The number of hydrogen-bond donors (Lipinski definition) is 0. The quantitative estimate of drug-likeness (QED) is 0.363. The molecule has 0 unspecified atom stereocenters. The Kier molecular flexibility index (Phi) is 6.20. The molecular weight excluding hydrogens is 439 g/mol. The van der Waals surface area contributed by atoms with Gasteiger partial charge in [-0.15, -0.1) is 0 Å². The highest BCUT2D eigenvalue weighted by atomic mass is 35.5. The molecule has 0 saturated carbocycles. The number of imidazole rings is 1. The summed E-state index contributed by atoms with van der Waals surface area (Å²) in [5.41, 5.74) is 6.56. The predicted molar refractivity (Wildman–Crippen MR) is 133 cm³/mol. The maximum absolute atomic E-state index is 6.16. The Morgan fingerprint density at radius 2 is 1.41 bits per heavy atom. The van der Waals surface area contributed by atoms with Crippen LogP contribution in [0, 0.1) is 0 Å². The summed E-state index contributed by atoms with van der Waals surface area (Å²) in [5.74, 6) is 0. The Morgan fingerprint density at radius 3 is 2.12 bits per heavy atom. The van der Waals surface area contributed by atoms with Gasteiger partial charge in [-0.2, -0.15) is 0 Å². The first-order valence-corrected chi connectivity index (χ1v) is 11.8. The van der Waals surface area contributed by atoms with Gasteiger partial charge in [0, 0.05) is 41.4 Å². The Balaban J connectivity index is 1.60. The van der Waals surface area contributed by atoms with Crippen LogP contribution in [-0.2, 0) is 6.54 Å². The molecule has 3 heterocycles. The lowest BCUT2D eigenvalue weighted by atomic mass is 10.1. The first-order valence-electron chi connectivity index (χ1n) is 11.0. The maximum Gasteiger partial charge on any atom is 0.137 e. The van der Waals surface area contributed by atoms with Crippen LogP contribution in [0.4, 0.5) is 0 Å². The molecule has 0 bridgehead atoms. The predicted octanol–water partition coefficient (Wildman–Crippen LogP) is 6.11. The molecule has 0 amide bonds. The van der Waals surface area contributed by atoms with Gasteiger partial charge < -0.3 is 9.30 Å². The molecule has 6 heteroatoms. The minimum absolute atomic E-state index is 0.736. The van der Waals surface area contributed by atoms with Gasteiger partial charge in [0.2, 0.25) is 0 Å². The van der Waals surface area contributed by atoms with Gasteiger partial charge in [-0.05, 0) is 74.1 Å². The zero-order valence-corrected chi connectivity index (χ0v) is 19.7. The average molecular weight is 465 g/mol. The molecule has 1 fully saturated rings. The van der Waals surface area contributed by atoms with Crippen LogP contribution >= 0.6 is 23.2 Å². The van der Waals surface area contributed by atoms with Gasteiger partial charge in [-0.25, -0.2) is 4.98 Å². The van der Waals surface area contributed by atoms with Crippen LogP contribution in [-0.4, -0.2) is 52.4 Å². The summed E-state index contributed by atoms with van der Waals surface area (Å²) < 4.78 is 2.25. The summed E-state index contributed by atoms with van der Waals surface area (Å²) >= 11 is 12.3. The third kappa shape index (κ3) is 4.55. The molecule has 2 aromatic heterocycles. The van der Waals surface area contributed by atoms with Crippen molar-refractivity contribution in [3.05, 3.63) is 82.6 Å². The molecular formula is C26H26Cl2N4. The van der Waals surface area contributed by atoms with Crippen molar-refractivity contribution in [3.63, 3.8) is 0 Å². The van der Waals surface area contributed by atoms with E-state index in [1.807, 2.05) is 24.3 Å². The summed E-state index contributed by atoms with van der Waals surface area (Å²) in [6.07, 6.45) is 3.38. The largest absolute Gasteiger partial charge is 0.305 e. The number of aromatic nitrogens is 2. The van der Waals surface area contributed by atoms with E-state index in [0.29, 0.717) is 0 Å². The van der Waals surface area contributed by atoms with Gasteiger partial charge in [0.25, 0.3) is 0 Å². The third-order valence-corrected chi connectivity index (χ3v) is 6.70. The first-order chi connectivity index (χ1) is 15.6. The molecule has 0 spiro atoms. The number of fused-ring (bicyclic) bond motifs is 1. The van der Waals surface area contributed by atoms with Gasteiger partial charge in [0.15, 0.2) is 0 Å². The van der Waals surface area contributed by atoms with Crippen molar-refractivity contribution in [1.29, 1.82) is 0 Å². The number of likely N-dealkylation sites (N-methyl/N-ethyl adjacent to an activating group) is 1. The summed E-state index contributed by atoms with van der Waals surface area (Å²) in [5, 5.41) is 1.48. The van der Waals surface area contributed by atoms with Crippen LogP contribution in [0.2, 0.25) is 10.0 Å². The summed E-state index contributed by atoms with van der Waals surface area (Å²) in [6.45, 7) is 5.24. The Hall–Kier alpha value is -2.37. The van der Waals surface area contributed by atoms with Crippen molar-refractivity contribution in [3.8, 4) is 22.4 Å². The number of rotatable bonds is 4. The van der Waals surface area contributed by atoms with Crippen molar-refractivity contribution >= 4 is 28.8 Å². The molecule has 2 aromatic carbocycles. The zero-order valence-electron chi connectivity index (χ0n) is 18.1. The number of pyridine rings is 1. The van der Waals surface area contributed by atoms with E-state index in [4.69, 9.17) is 28.2 Å². The van der Waals surface area contributed by atoms with E-state index in [0.717, 1.165) is 70.8 Å². The third-order valence-electron chi connectivity index (χ3n) is 6.20. The molecule has 0 aliphatic carbocycles. The Morgan fingerprint density at radius 1 is 0.750 bits per heavy atom. The topological polar surface area (TPSA) is 23.8 Å². The highest BCUT2D eigenvalue weighted by Crippen LogP contribution is 2.30. The molecule has 4 nitrogen and oxygen atoms in total. The van der Waals surface area contributed by atoms with Crippen molar-refractivity contribution < 1.29 is 0 Å². The van der Waals surface area contributed by atoms with E-state index in [1.165, 1.54) is 12.1 Å². The average Bonchev–Trinajstić information content (AvgIpc) is 3.02. The van der Waals surface area contributed by atoms with Gasteiger partial charge in [-0.3, -0.25) is 4.90 Å². The van der Waals surface area contributed by atoms with Crippen LogP contribution in [0.1, 0.15) is 12.1 Å². The van der Waals surface area contributed by atoms with Crippen molar-refractivity contribution in [1.82, 2.24) is 19.2 Å². The van der Waals surface area contributed by atoms with Gasteiger partial charge in [0.1, 0.15) is 5.65 Å². The summed E-state index contributed by atoms with van der Waals surface area (Å²) in [6, 6.07) is 20.2. The molecule has 0 atom stereocenters. The fraction of sp³-hybridized carbons (Fsp3) is 0.269. The zero-order chi connectivity index (χ0) is 22.1. The van der Waals surface area contributed by atoms with Crippen molar-refractivity contribution in [2.24, 2.45) is 0 Å². The number of nitrogens with zero attached hydrogens (tertiary/aromatic N) is 4. The second kappa shape index (κ2) is 9.24. The van der Waals surface area contributed by atoms with Gasteiger partial charge in [-0.1, -0.05) is 47.5 Å². The lowest BCUT2D eigenvalue weighted by Crippen LogP contribution is -2.29. The Labute approximate surface area is 199 Å². The first kappa shape index (κ1) is 21.5. The van der Waals surface area contributed by atoms with E-state index in [1.54, 1.807) is 0 Å². The standard InChI is InChI=1S/C26H26Cl2N4/c1-30-13-2-14-31(16-15-30)18-24-26(20-5-10-23(28)11-6-20)29-25-12-7-21(17-32(24)25)19-3-8-22(27)9-4-19/h3-12,17H,2,13-16,18H2,1H3. The van der Waals surface area contributed by atoms with E-state index in [9.17, 15) is 0 Å². The fourth-order valence-electron chi connectivity index (χ4n) is 4.37. The summed E-state index contributed by atoms with van der Waals surface area (Å²) in [7, 11) is 2.20. The molecule has 0 N–H and O–H groups in total. The van der Waals surface area contributed by atoms with E-state index >= 15 is 0 Å². The van der Waals surface area contributed by atoms with Crippen LogP contribution in [0.25, 0.3) is 28.0 Å².